The highest BCUT2D eigenvalue weighted by atomic mass is 16.1. The Kier molecular flexibility index (Phi) is 3.34. The number of carbonyl (C=O) groups is 1. The maximum Gasteiger partial charge on any atom is 0.222 e. The van der Waals surface area contributed by atoms with Crippen LogP contribution in [0.3, 0.4) is 0 Å². The summed E-state index contributed by atoms with van der Waals surface area (Å²) in [5.41, 5.74) is 0. The van der Waals surface area contributed by atoms with Crippen LogP contribution < -0.4 is 5.32 Å². The molecule has 0 radical (unpaired) electrons. The van der Waals surface area contributed by atoms with E-state index in [1.165, 1.54) is 6.42 Å². The highest BCUT2D eigenvalue weighted by molar-refractivity contribution is 5.77. The Morgan fingerprint density at radius 2 is 2.00 bits per heavy atom. The lowest BCUT2D eigenvalue weighted by atomic mass is 10.1. The standard InChI is InChI=1S/C11H21NO/c1-7(2)10-5-9(10)6-12-11(13)8(3)4/h7-10H,5-6H2,1-4H3,(H,12,13)/t9-,10+/m1/s1. The van der Waals surface area contributed by atoms with Crippen LogP contribution in [-0.4, -0.2) is 12.5 Å². The largest absolute Gasteiger partial charge is 0.356 e. The molecule has 0 heterocycles. The van der Waals surface area contributed by atoms with Gasteiger partial charge in [-0.25, -0.2) is 0 Å². The average molecular weight is 183 g/mol. The highest BCUT2D eigenvalue weighted by Crippen LogP contribution is 2.43. The molecule has 0 aromatic rings. The fraction of sp³-hybridized carbons (Fsp3) is 0.909. The number of amides is 1. The third kappa shape index (κ3) is 3.02. The van der Waals surface area contributed by atoms with Gasteiger partial charge in [0.1, 0.15) is 0 Å². The molecule has 2 nitrogen and oxygen atoms in total. The monoisotopic (exact) mass is 183 g/mol. The van der Waals surface area contributed by atoms with Crippen LogP contribution in [0.15, 0.2) is 0 Å². The van der Waals surface area contributed by atoms with Crippen molar-refractivity contribution in [2.75, 3.05) is 6.54 Å². The molecule has 1 amide bonds. The van der Waals surface area contributed by atoms with Crippen LogP contribution in [0.5, 0.6) is 0 Å². The van der Waals surface area contributed by atoms with E-state index in [9.17, 15) is 4.79 Å². The van der Waals surface area contributed by atoms with E-state index >= 15 is 0 Å². The lowest BCUT2D eigenvalue weighted by molar-refractivity contribution is -0.124. The van der Waals surface area contributed by atoms with Gasteiger partial charge in [0.05, 0.1) is 0 Å². The van der Waals surface area contributed by atoms with E-state index in [4.69, 9.17) is 0 Å². The van der Waals surface area contributed by atoms with Crippen molar-refractivity contribution in [3.63, 3.8) is 0 Å². The number of carbonyl (C=O) groups excluding carboxylic acids is 1. The van der Waals surface area contributed by atoms with Crippen molar-refractivity contribution < 1.29 is 4.79 Å². The third-order valence-corrected chi connectivity index (χ3v) is 2.90. The Morgan fingerprint density at radius 3 is 2.38 bits per heavy atom. The zero-order valence-corrected chi connectivity index (χ0v) is 9.13. The molecule has 1 aliphatic carbocycles. The molecular weight excluding hydrogens is 162 g/mol. The summed E-state index contributed by atoms with van der Waals surface area (Å²) < 4.78 is 0. The molecule has 0 aliphatic heterocycles. The van der Waals surface area contributed by atoms with Crippen molar-refractivity contribution in [3.05, 3.63) is 0 Å². The molecule has 2 atom stereocenters. The van der Waals surface area contributed by atoms with Crippen molar-refractivity contribution in [2.24, 2.45) is 23.7 Å². The second-order valence-electron chi connectivity index (χ2n) is 4.80. The predicted molar refractivity (Wildman–Crippen MR) is 54.3 cm³/mol. The SMILES string of the molecule is CC(C)C(=O)NC[C@H]1C[C@H]1C(C)C. The van der Waals surface area contributed by atoms with E-state index in [1.54, 1.807) is 0 Å². The molecule has 0 bridgehead atoms. The first-order chi connectivity index (χ1) is 6.02. The van der Waals surface area contributed by atoms with Crippen LogP contribution in [0.25, 0.3) is 0 Å². The molecule has 0 spiro atoms. The lowest BCUT2D eigenvalue weighted by Crippen LogP contribution is -2.29. The van der Waals surface area contributed by atoms with Crippen molar-refractivity contribution in [3.8, 4) is 0 Å². The first-order valence-corrected chi connectivity index (χ1v) is 5.30. The molecule has 1 saturated carbocycles. The van der Waals surface area contributed by atoms with Gasteiger partial charge in [0, 0.05) is 12.5 Å². The summed E-state index contributed by atoms with van der Waals surface area (Å²) >= 11 is 0. The van der Waals surface area contributed by atoms with E-state index in [2.05, 4.69) is 19.2 Å². The van der Waals surface area contributed by atoms with Gasteiger partial charge in [0.25, 0.3) is 0 Å². The minimum atomic E-state index is 0.122. The topological polar surface area (TPSA) is 29.1 Å². The fourth-order valence-electron chi connectivity index (χ4n) is 1.76. The number of hydrogen-bond donors (Lipinski definition) is 1. The second kappa shape index (κ2) is 4.12. The number of hydrogen-bond acceptors (Lipinski definition) is 1. The Morgan fingerprint density at radius 1 is 1.38 bits per heavy atom. The summed E-state index contributed by atoms with van der Waals surface area (Å²) in [6.45, 7) is 9.27. The summed E-state index contributed by atoms with van der Waals surface area (Å²) in [5, 5.41) is 2.99. The molecule has 13 heavy (non-hydrogen) atoms. The maximum absolute atomic E-state index is 11.2. The zero-order chi connectivity index (χ0) is 10.0. The normalized spacial score (nSPS) is 26.6. The quantitative estimate of drug-likeness (QED) is 0.710. The molecule has 0 saturated heterocycles. The summed E-state index contributed by atoms with van der Waals surface area (Å²) in [7, 11) is 0. The molecule has 1 fully saturated rings. The van der Waals surface area contributed by atoms with Crippen LogP contribution in [0, 0.1) is 23.7 Å². The third-order valence-electron chi connectivity index (χ3n) is 2.90. The Hall–Kier alpha value is -0.530. The molecule has 76 valence electrons. The van der Waals surface area contributed by atoms with Crippen LogP contribution in [0.4, 0.5) is 0 Å². The second-order valence-corrected chi connectivity index (χ2v) is 4.80. The molecule has 1 N–H and O–H groups in total. The zero-order valence-electron chi connectivity index (χ0n) is 9.13. The van der Waals surface area contributed by atoms with Gasteiger partial charge in [-0.2, -0.15) is 0 Å². The molecule has 1 aliphatic rings. The predicted octanol–water partition coefficient (Wildman–Crippen LogP) is 2.05. The summed E-state index contributed by atoms with van der Waals surface area (Å²) in [5.74, 6) is 2.70. The Balaban J connectivity index is 2.12. The molecule has 1 rings (SSSR count). The first kappa shape index (κ1) is 10.6. The Labute approximate surface area is 81.1 Å². The van der Waals surface area contributed by atoms with Crippen molar-refractivity contribution >= 4 is 5.91 Å². The smallest absolute Gasteiger partial charge is 0.222 e. The maximum atomic E-state index is 11.2. The van der Waals surface area contributed by atoms with Crippen LogP contribution >= 0.6 is 0 Å². The van der Waals surface area contributed by atoms with Gasteiger partial charge < -0.3 is 5.32 Å². The Bertz CT molecular complexity index is 187. The first-order valence-electron chi connectivity index (χ1n) is 5.30. The van der Waals surface area contributed by atoms with Crippen LogP contribution in [-0.2, 0) is 4.79 Å². The van der Waals surface area contributed by atoms with Gasteiger partial charge in [-0.1, -0.05) is 27.7 Å². The summed E-state index contributed by atoms with van der Waals surface area (Å²) in [4.78, 5) is 11.2. The van der Waals surface area contributed by atoms with Crippen molar-refractivity contribution in [2.45, 2.75) is 34.1 Å². The molecule has 0 unspecified atom stereocenters. The molecular formula is C11H21NO. The lowest BCUT2D eigenvalue weighted by Gasteiger charge is -2.07. The molecule has 0 aromatic heterocycles. The van der Waals surface area contributed by atoms with E-state index < -0.39 is 0 Å². The minimum absolute atomic E-state index is 0.122. The van der Waals surface area contributed by atoms with Gasteiger partial charge in [-0.3, -0.25) is 4.79 Å². The summed E-state index contributed by atoms with van der Waals surface area (Å²) in [6, 6.07) is 0. The van der Waals surface area contributed by atoms with Gasteiger partial charge in [0.2, 0.25) is 5.91 Å². The van der Waals surface area contributed by atoms with Gasteiger partial charge in [-0.15, -0.1) is 0 Å². The van der Waals surface area contributed by atoms with E-state index in [1.807, 2.05) is 13.8 Å². The minimum Gasteiger partial charge on any atom is -0.356 e. The van der Waals surface area contributed by atoms with Crippen molar-refractivity contribution in [1.29, 1.82) is 0 Å². The van der Waals surface area contributed by atoms with E-state index in [-0.39, 0.29) is 11.8 Å². The molecule has 2 heteroatoms. The fourth-order valence-corrected chi connectivity index (χ4v) is 1.76. The number of nitrogens with one attached hydrogen (secondary N) is 1. The van der Waals surface area contributed by atoms with Crippen LogP contribution in [0.1, 0.15) is 34.1 Å². The van der Waals surface area contributed by atoms with E-state index in [0.717, 1.165) is 24.3 Å². The van der Waals surface area contributed by atoms with Crippen molar-refractivity contribution in [1.82, 2.24) is 5.32 Å². The van der Waals surface area contributed by atoms with E-state index in [0.29, 0.717) is 0 Å². The van der Waals surface area contributed by atoms with Gasteiger partial charge in [-0.05, 0) is 24.2 Å². The van der Waals surface area contributed by atoms with Gasteiger partial charge in [0.15, 0.2) is 0 Å². The number of rotatable bonds is 4. The highest BCUT2D eigenvalue weighted by Gasteiger charge is 2.38. The molecule has 0 aromatic carbocycles. The average Bonchev–Trinajstić information content (AvgIpc) is 2.78. The van der Waals surface area contributed by atoms with Gasteiger partial charge >= 0.3 is 0 Å². The summed E-state index contributed by atoms with van der Waals surface area (Å²) in [6.07, 6.45) is 1.30. The van der Waals surface area contributed by atoms with Crippen LogP contribution in [0.2, 0.25) is 0 Å².